The highest BCUT2D eigenvalue weighted by Crippen LogP contribution is 2.48. The first kappa shape index (κ1) is 15.5. The van der Waals surface area contributed by atoms with Crippen LogP contribution in [0.1, 0.15) is 17.9 Å². The Labute approximate surface area is 131 Å². The molecule has 0 unspecified atom stereocenters. The highest BCUT2D eigenvalue weighted by molar-refractivity contribution is 7.99. The molecule has 1 aromatic carbocycles. The number of halogens is 2. The summed E-state index contributed by atoms with van der Waals surface area (Å²) in [5, 5.41) is 1.12. The summed E-state index contributed by atoms with van der Waals surface area (Å²) in [6, 6.07) is 5.29. The molecule has 2 N–H and O–H groups in total. The Bertz CT molecular complexity index is 519. The Kier molecular flexibility index (Phi) is 5.18. The van der Waals surface area contributed by atoms with Crippen molar-refractivity contribution in [1.82, 2.24) is 10.9 Å². The second kappa shape index (κ2) is 6.70. The number of carbonyl (C=O) groups is 2. The third kappa shape index (κ3) is 4.04. The van der Waals surface area contributed by atoms with E-state index < -0.39 is 0 Å². The molecule has 20 heavy (non-hydrogen) atoms. The van der Waals surface area contributed by atoms with E-state index in [0.717, 1.165) is 12.0 Å². The fourth-order valence-corrected chi connectivity index (χ4v) is 2.91. The van der Waals surface area contributed by atoms with Crippen LogP contribution in [-0.2, 0) is 9.59 Å². The third-order valence-electron chi connectivity index (χ3n) is 3.04. The summed E-state index contributed by atoms with van der Waals surface area (Å²) in [7, 11) is 0. The summed E-state index contributed by atoms with van der Waals surface area (Å²) in [4.78, 5) is 23.1. The third-order valence-corrected chi connectivity index (χ3v) is 4.03. The average Bonchev–Trinajstić information content (AvgIpc) is 3.15. The van der Waals surface area contributed by atoms with E-state index in [1.165, 1.54) is 11.8 Å². The van der Waals surface area contributed by atoms with E-state index in [4.69, 9.17) is 23.2 Å². The largest absolute Gasteiger partial charge is 0.273 e. The van der Waals surface area contributed by atoms with E-state index in [0.29, 0.717) is 15.8 Å². The standard InChI is InChI=1S/C13H14Cl2N2O2S/c1-20-6-12(18)16-17-13(19)11-5-10(11)7-2-8(14)4-9(15)3-7/h2-4,10-11H,5-6H2,1H3,(H,16,18)(H,17,19)/t10-,11+/m1/s1. The van der Waals surface area contributed by atoms with E-state index in [2.05, 4.69) is 10.9 Å². The number of hydrogen-bond acceptors (Lipinski definition) is 3. The molecule has 0 aromatic heterocycles. The smallest absolute Gasteiger partial charge is 0.248 e. The number of amides is 2. The van der Waals surface area contributed by atoms with Crippen molar-refractivity contribution < 1.29 is 9.59 Å². The topological polar surface area (TPSA) is 58.2 Å². The molecule has 2 amide bonds. The van der Waals surface area contributed by atoms with Crippen LogP contribution < -0.4 is 10.9 Å². The van der Waals surface area contributed by atoms with Crippen molar-refractivity contribution in [3.63, 3.8) is 0 Å². The van der Waals surface area contributed by atoms with Crippen LogP contribution in [-0.4, -0.2) is 23.8 Å². The molecule has 1 fully saturated rings. The van der Waals surface area contributed by atoms with Crippen LogP contribution in [0.4, 0.5) is 0 Å². The van der Waals surface area contributed by atoms with Crippen LogP contribution >= 0.6 is 35.0 Å². The van der Waals surface area contributed by atoms with Gasteiger partial charge in [-0.2, -0.15) is 11.8 Å². The molecule has 0 heterocycles. The molecule has 108 valence electrons. The Morgan fingerprint density at radius 2 is 1.90 bits per heavy atom. The molecule has 0 aliphatic heterocycles. The fourth-order valence-electron chi connectivity index (χ4n) is 2.03. The van der Waals surface area contributed by atoms with Gasteiger partial charge in [-0.1, -0.05) is 23.2 Å². The summed E-state index contributed by atoms with van der Waals surface area (Å²) < 4.78 is 0. The van der Waals surface area contributed by atoms with Crippen molar-refractivity contribution in [3.8, 4) is 0 Å². The fraction of sp³-hybridized carbons (Fsp3) is 0.385. The van der Waals surface area contributed by atoms with Gasteiger partial charge in [0.1, 0.15) is 0 Å². The first-order valence-electron chi connectivity index (χ1n) is 6.05. The number of benzene rings is 1. The summed E-state index contributed by atoms with van der Waals surface area (Å²) >= 11 is 13.3. The van der Waals surface area contributed by atoms with Gasteiger partial charge in [-0.15, -0.1) is 0 Å². The van der Waals surface area contributed by atoms with E-state index in [9.17, 15) is 9.59 Å². The van der Waals surface area contributed by atoms with Crippen LogP contribution in [0.2, 0.25) is 10.0 Å². The SMILES string of the molecule is CSCC(=O)NNC(=O)[C@H]1C[C@@H]1c1cc(Cl)cc(Cl)c1. The van der Waals surface area contributed by atoms with Gasteiger partial charge in [-0.3, -0.25) is 20.4 Å². The molecule has 0 saturated heterocycles. The molecule has 0 radical (unpaired) electrons. The van der Waals surface area contributed by atoms with Gasteiger partial charge in [0.25, 0.3) is 0 Å². The molecule has 0 spiro atoms. The Morgan fingerprint density at radius 3 is 2.50 bits per heavy atom. The normalized spacial score (nSPS) is 20.4. The predicted molar refractivity (Wildman–Crippen MR) is 82.0 cm³/mol. The van der Waals surface area contributed by atoms with Gasteiger partial charge in [0.15, 0.2) is 0 Å². The van der Waals surface area contributed by atoms with E-state index in [-0.39, 0.29) is 23.7 Å². The number of thioether (sulfide) groups is 1. The lowest BCUT2D eigenvalue weighted by Crippen LogP contribution is -2.43. The van der Waals surface area contributed by atoms with Crippen LogP contribution in [0, 0.1) is 5.92 Å². The molecule has 7 heteroatoms. The van der Waals surface area contributed by atoms with Crippen molar-refractivity contribution in [2.75, 3.05) is 12.0 Å². The van der Waals surface area contributed by atoms with Crippen molar-refractivity contribution >= 4 is 46.8 Å². The minimum Gasteiger partial charge on any atom is -0.273 e. The summed E-state index contributed by atoms with van der Waals surface area (Å²) in [5.41, 5.74) is 5.78. The highest BCUT2D eigenvalue weighted by atomic mass is 35.5. The molecule has 1 aliphatic rings. The van der Waals surface area contributed by atoms with Gasteiger partial charge in [0.05, 0.1) is 5.75 Å². The maximum absolute atomic E-state index is 11.9. The Balaban J connectivity index is 1.87. The zero-order valence-electron chi connectivity index (χ0n) is 10.8. The number of rotatable bonds is 4. The van der Waals surface area contributed by atoms with E-state index >= 15 is 0 Å². The molecule has 1 aliphatic carbocycles. The average molecular weight is 333 g/mol. The predicted octanol–water partition coefficient (Wildman–Crippen LogP) is 2.61. The lowest BCUT2D eigenvalue weighted by molar-refractivity contribution is -0.128. The van der Waals surface area contributed by atoms with Crippen LogP contribution in [0.15, 0.2) is 18.2 Å². The minimum absolute atomic E-state index is 0.114. The maximum atomic E-state index is 11.9. The van der Waals surface area contributed by atoms with Crippen LogP contribution in [0.3, 0.4) is 0 Å². The van der Waals surface area contributed by atoms with Crippen molar-refractivity contribution in [2.24, 2.45) is 5.92 Å². The first-order valence-corrected chi connectivity index (χ1v) is 8.20. The number of carbonyl (C=O) groups excluding carboxylic acids is 2. The van der Waals surface area contributed by atoms with E-state index in [1.54, 1.807) is 6.07 Å². The summed E-state index contributed by atoms with van der Waals surface area (Å²) in [6.07, 6.45) is 2.56. The molecule has 2 rings (SSSR count). The van der Waals surface area contributed by atoms with Crippen LogP contribution in [0.5, 0.6) is 0 Å². The van der Waals surface area contributed by atoms with Crippen molar-refractivity contribution in [2.45, 2.75) is 12.3 Å². The Morgan fingerprint density at radius 1 is 1.25 bits per heavy atom. The quantitative estimate of drug-likeness (QED) is 0.833. The summed E-state index contributed by atoms with van der Waals surface area (Å²) in [6.45, 7) is 0. The van der Waals surface area contributed by atoms with Gasteiger partial charge >= 0.3 is 0 Å². The molecule has 4 nitrogen and oxygen atoms in total. The van der Waals surface area contributed by atoms with Crippen molar-refractivity contribution in [3.05, 3.63) is 33.8 Å². The van der Waals surface area contributed by atoms with Gasteiger partial charge in [0, 0.05) is 16.0 Å². The number of hydrogen-bond donors (Lipinski definition) is 2. The second-order valence-corrected chi connectivity index (χ2v) is 6.36. The lowest BCUT2D eigenvalue weighted by Gasteiger charge is -2.06. The molecule has 1 aromatic rings. The molecular formula is C13H14Cl2N2O2S. The van der Waals surface area contributed by atoms with Gasteiger partial charge in [0.2, 0.25) is 11.8 Å². The zero-order chi connectivity index (χ0) is 14.7. The monoisotopic (exact) mass is 332 g/mol. The maximum Gasteiger partial charge on any atom is 0.248 e. The summed E-state index contributed by atoms with van der Waals surface area (Å²) in [5.74, 6) is -0.102. The zero-order valence-corrected chi connectivity index (χ0v) is 13.1. The van der Waals surface area contributed by atoms with Gasteiger partial charge in [-0.05, 0) is 42.4 Å². The van der Waals surface area contributed by atoms with Gasteiger partial charge in [-0.25, -0.2) is 0 Å². The molecule has 0 bridgehead atoms. The van der Waals surface area contributed by atoms with E-state index in [1.807, 2.05) is 18.4 Å². The molecule has 1 saturated carbocycles. The van der Waals surface area contributed by atoms with Crippen molar-refractivity contribution in [1.29, 1.82) is 0 Å². The number of hydrazine groups is 1. The lowest BCUT2D eigenvalue weighted by atomic mass is 10.1. The van der Waals surface area contributed by atoms with Gasteiger partial charge < -0.3 is 0 Å². The highest BCUT2D eigenvalue weighted by Gasteiger charge is 2.44. The molecular weight excluding hydrogens is 319 g/mol. The Hall–Kier alpha value is -0.910. The minimum atomic E-state index is -0.214. The first-order chi connectivity index (χ1) is 9.51. The molecule has 2 atom stereocenters. The second-order valence-electron chi connectivity index (χ2n) is 4.62. The van der Waals surface area contributed by atoms with Crippen LogP contribution in [0.25, 0.3) is 0 Å². The number of nitrogens with one attached hydrogen (secondary N) is 2.